The van der Waals surface area contributed by atoms with Crippen LogP contribution in [0.25, 0.3) is 0 Å². The molecule has 0 aliphatic carbocycles. The van der Waals surface area contributed by atoms with Crippen LogP contribution in [0.4, 0.5) is 43.9 Å². The summed E-state index contributed by atoms with van der Waals surface area (Å²) in [5.74, 6) is -6.70. The largest absolute Gasteiger partial charge is 0.453 e. The Morgan fingerprint density at radius 3 is 0.882 bits per heavy atom. The molecule has 12 heteroatoms. The summed E-state index contributed by atoms with van der Waals surface area (Å²) in [5.41, 5.74) is 0. The third kappa shape index (κ3) is 1.82. The fourth-order valence-electron chi connectivity index (χ4n) is 0.738. The number of hydrogen-bond donors (Lipinski definition) is 0. The second kappa shape index (κ2) is 3.16. The highest BCUT2D eigenvalue weighted by atomic mass is 19.4. The van der Waals surface area contributed by atoms with Crippen molar-refractivity contribution in [3.8, 4) is 0 Å². The Morgan fingerprint density at radius 2 is 0.647 bits per heavy atom. The van der Waals surface area contributed by atoms with Gasteiger partial charge >= 0.3 is 30.4 Å². The number of alkyl halides is 10. The van der Waals surface area contributed by atoms with Crippen molar-refractivity contribution in [1.29, 1.82) is 0 Å². The quantitative estimate of drug-likeness (QED) is 0.636. The lowest BCUT2D eigenvalue weighted by Gasteiger charge is -2.27. The highest BCUT2D eigenvalue weighted by Crippen LogP contribution is 2.56. The van der Waals surface area contributed by atoms with E-state index in [-0.39, 0.29) is 0 Å². The molecule has 0 bridgehead atoms. The van der Waals surface area contributed by atoms with E-state index in [1.54, 1.807) is 9.47 Å². The predicted octanol–water partition coefficient (Wildman–Crippen LogP) is 3.04. The number of rotatable bonds is 0. The van der Waals surface area contributed by atoms with E-state index >= 15 is 0 Å². The summed E-state index contributed by atoms with van der Waals surface area (Å²) in [7, 11) is 0. The summed E-state index contributed by atoms with van der Waals surface area (Å²) in [5, 5.41) is 0. The van der Waals surface area contributed by atoms with Gasteiger partial charge in [-0.25, -0.2) is 9.47 Å². The minimum Gasteiger partial charge on any atom is -0.243 e. The molecule has 1 heterocycles. The van der Waals surface area contributed by atoms with Crippen LogP contribution >= 0.6 is 0 Å². The van der Waals surface area contributed by atoms with Gasteiger partial charge in [-0.3, -0.25) is 0 Å². The molecule has 0 N–H and O–H groups in total. The lowest BCUT2D eigenvalue weighted by Crippen LogP contribution is -2.55. The van der Waals surface area contributed by atoms with Crippen LogP contribution in [0.5, 0.6) is 0 Å². The Balaban J connectivity index is 3.38. The summed E-state index contributed by atoms with van der Waals surface area (Å²) < 4.78 is 126. The van der Waals surface area contributed by atoms with Crippen LogP contribution in [0.2, 0.25) is 0 Å². The lowest BCUT2D eigenvalue weighted by molar-refractivity contribution is -0.478. The zero-order chi connectivity index (χ0) is 13.9. The summed E-state index contributed by atoms with van der Waals surface area (Å²) >= 11 is 0. The Kier molecular flexibility index (Phi) is 2.65. The van der Waals surface area contributed by atoms with Gasteiger partial charge in [-0.15, -0.1) is 0 Å². The first kappa shape index (κ1) is 14.3. The molecule has 0 spiro atoms. The van der Waals surface area contributed by atoms with Crippen LogP contribution in [-0.4, -0.2) is 30.4 Å². The number of ether oxygens (including phenoxy) is 2. The van der Waals surface area contributed by atoms with E-state index in [4.69, 9.17) is 0 Å². The van der Waals surface area contributed by atoms with Crippen LogP contribution in [-0.2, 0) is 9.47 Å². The SMILES string of the molecule is FC1(F)OC(F)(F)C(F)(F)C(F)(F)OC1(F)F. The van der Waals surface area contributed by atoms with Gasteiger partial charge in [0.15, 0.2) is 0 Å². The van der Waals surface area contributed by atoms with Crippen molar-refractivity contribution in [2.75, 3.05) is 0 Å². The van der Waals surface area contributed by atoms with E-state index in [2.05, 4.69) is 0 Å². The van der Waals surface area contributed by atoms with E-state index in [1.807, 2.05) is 0 Å². The molecule has 17 heavy (non-hydrogen) atoms. The van der Waals surface area contributed by atoms with Gasteiger partial charge in [0, 0.05) is 0 Å². The maximum atomic E-state index is 12.3. The van der Waals surface area contributed by atoms with Crippen molar-refractivity contribution < 1.29 is 53.4 Å². The van der Waals surface area contributed by atoms with E-state index in [1.165, 1.54) is 0 Å². The van der Waals surface area contributed by atoms with Crippen LogP contribution in [0.1, 0.15) is 0 Å². The van der Waals surface area contributed by atoms with Gasteiger partial charge in [0.25, 0.3) is 0 Å². The highest BCUT2D eigenvalue weighted by molar-refractivity contribution is 4.92. The predicted molar refractivity (Wildman–Crippen MR) is 26.9 cm³/mol. The molecular weight excluding hydrogens is 282 g/mol. The standard InChI is InChI=1S/C5F10O2/c6-1(7)2(8,9)16-4(12,13)5(14,15)17-3(1,10)11. The van der Waals surface area contributed by atoms with E-state index in [9.17, 15) is 43.9 Å². The molecule has 1 aliphatic rings. The molecule has 0 aromatic heterocycles. The van der Waals surface area contributed by atoms with Crippen LogP contribution in [0.15, 0.2) is 0 Å². The van der Waals surface area contributed by atoms with Gasteiger partial charge in [-0.2, -0.15) is 43.9 Å². The van der Waals surface area contributed by atoms with Gasteiger partial charge in [0.1, 0.15) is 0 Å². The molecule has 1 aliphatic heterocycles. The number of hydrogen-bond acceptors (Lipinski definition) is 2. The molecule has 0 atom stereocenters. The van der Waals surface area contributed by atoms with E-state index in [0.717, 1.165) is 0 Å². The average molecular weight is 282 g/mol. The first-order valence-corrected chi connectivity index (χ1v) is 3.46. The Bertz CT molecular complexity index is 293. The molecule has 1 fully saturated rings. The Labute approximate surface area is 85.1 Å². The molecule has 1 rings (SSSR count). The molecule has 2 nitrogen and oxygen atoms in total. The van der Waals surface area contributed by atoms with Gasteiger partial charge in [-0.1, -0.05) is 0 Å². The van der Waals surface area contributed by atoms with Gasteiger partial charge in [0.05, 0.1) is 0 Å². The minimum atomic E-state index is -6.70. The summed E-state index contributed by atoms with van der Waals surface area (Å²) in [6.45, 7) is 0. The summed E-state index contributed by atoms with van der Waals surface area (Å²) in [4.78, 5) is 0. The topological polar surface area (TPSA) is 18.5 Å². The molecule has 1 saturated heterocycles. The third-order valence-corrected chi connectivity index (χ3v) is 1.58. The molecule has 0 aromatic carbocycles. The van der Waals surface area contributed by atoms with Crippen molar-refractivity contribution in [3.05, 3.63) is 0 Å². The Hall–Kier alpha value is -0.780. The zero-order valence-electron chi connectivity index (χ0n) is 7.10. The average Bonchev–Trinajstić information content (AvgIpc) is 1.98. The lowest BCUT2D eigenvalue weighted by atomic mass is 10.3. The van der Waals surface area contributed by atoms with E-state index in [0.29, 0.717) is 0 Å². The molecule has 102 valence electrons. The van der Waals surface area contributed by atoms with Gasteiger partial charge < -0.3 is 0 Å². The van der Waals surface area contributed by atoms with Crippen LogP contribution < -0.4 is 0 Å². The summed E-state index contributed by atoms with van der Waals surface area (Å²) in [6.07, 6.45) is -25.8. The minimum absolute atomic E-state index is 1.78. The van der Waals surface area contributed by atoms with Crippen molar-refractivity contribution in [1.82, 2.24) is 0 Å². The van der Waals surface area contributed by atoms with Gasteiger partial charge in [0.2, 0.25) is 0 Å². The maximum Gasteiger partial charge on any atom is 0.453 e. The Morgan fingerprint density at radius 1 is 0.412 bits per heavy atom. The van der Waals surface area contributed by atoms with Crippen molar-refractivity contribution in [2.45, 2.75) is 30.4 Å². The monoisotopic (exact) mass is 282 g/mol. The normalized spacial score (nSPS) is 32.8. The molecule has 0 unspecified atom stereocenters. The zero-order valence-corrected chi connectivity index (χ0v) is 7.10. The second-order valence-electron chi connectivity index (χ2n) is 2.85. The van der Waals surface area contributed by atoms with Crippen LogP contribution in [0.3, 0.4) is 0 Å². The van der Waals surface area contributed by atoms with Crippen LogP contribution in [0, 0.1) is 0 Å². The first-order chi connectivity index (χ1) is 7.16. The molecule has 0 radical (unpaired) electrons. The first-order valence-electron chi connectivity index (χ1n) is 3.46. The number of halogens is 10. The molecule has 0 aromatic rings. The summed E-state index contributed by atoms with van der Waals surface area (Å²) in [6, 6.07) is 0. The molecular formula is C5F10O2. The van der Waals surface area contributed by atoms with Crippen molar-refractivity contribution >= 4 is 0 Å². The fourth-order valence-corrected chi connectivity index (χ4v) is 0.738. The fraction of sp³-hybridized carbons (Fsp3) is 1.00. The highest BCUT2D eigenvalue weighted by Gasteiger charge is 2.85. The van der Waals surface area contributed by atoms with Crippen molar-refractivity contribution in [3.63, 3.8) is 0 Å². The van der Waals surface area contributed by atoms with Gasteiger partial charge in [-0.05, 0) is 0 Å². The van der Waals surface area contributed by atoms with Crippen molar-refractivity contribution in [2.24, 2.45) is 0 Å². The second-order valence-corrected chi connectivity index (χ2v) is 2.85. The third-order valence-electron chi connectivity index (χ3n) is 1.58. The molecule has 0 saturated carbocycles. The smallest absolute Gasteiger partial charge is 0.243 e. The maximum absolute atomic E-state index is 12.3. The van der Waals surface area contributed by atoms with E-state index < -0.39 is 30.4 Å². The molecule has 0 amide bonds.